The third-order valence-corrected chi connectivity index (χ3v) is 4.80. The second-order valence-corrected chi connectivity index (χ2v) is 6.07. The van der Waals surface area contributed by atoms with Crippen LogP contribution in [0, 0.1) is 17.3 Å². The molecule has 0 aliphatic carbocycles. The van der Waals surface area contributed by atoms with E-state index in [0.29, 0.717) is 31.8 Å². The molecule has 1 rings (SSSR count). The Kier molecular flexibility index (Phi) is 5.39. The van der Waals surface area contributed by atoms with Gasteiger partial charge in [-0.2, -0.15) is 0 Å². The molecule has 4 nitrogen and oxygen atoms in total. The third-order valence-electron chi connectivity index (χ3n) is 4.80. The largest absolute Gasteiger partial charge is 0.481 e. The second kappa shape index (κ2) is 6.40. The molecule has 19 heavy (non-hydrogen) atoms. The quantitative estimate of drug-likeness (QED) is 0.806. The molecule has 0 aromatic heterocycles. The molecule has 1 amide bonds. The van der Waals surface area contributed by atoms with Gasteiger partial charge in [-0.15, -0.1) is 0 Å². The van der Waals surface area contributed by atoms with Gasteiger partial charge < -0.3 is 10.0 Å². The first kappa shape index (κ1) is 16.0. The lowest BCUT2D eigenvalue weighted by Gasteiger charge is -2.29. The second-order valence-electron chi connectivity index (χ2n) is 6.07. The summed E-state index contributed by atoms with van der Waals surface area (Å²) in [5.41, 5.74) is -0.746. The lowest BCUT2D eigenvalue weighted by molar-refractivity contribution is -0.151. The number of hydrogen-bond acceptors (Lipinski definition) is 2. The van der Waals surface area contributed by atoms with Crippen LogP contribution in [0.1, 0.15) is 53.4 Å². The van der Waals surface area contributed by atoms with Crippen molar-refractivity contribution < 1.29 is 14.7 Å². The fourth-order valence-electron chi connectivity index (χ4n) is 2.89. The van der Waals surface area contributed by atoms with Gasteiger partial charge in [0.2, 0.25) is 5.91 Å². The Morgan fingerprint density at radius 1 is 1.26 bits per heavy atom. The van der Waals surface area contributed by atoms with Gasteiger partial charge in [0.05, 0.1) is 5.41 Å². The van der Waals surface area contributed by atoms with Gasteiger partial charge in [-0.1, -0.05) is 40.5 Å². The van der Waals surface area contributed by atoms with Gasteiger partial charge in [-0.25, -0.2) is 0 Å². The van der Waals surface area contributed by atoms with Crippen LogP contribution < -0.4 is 0 Å². The summed E-state index contributed by atoms with van der Waals surface area (Å²) in [7, 11) is 0. The number of nitrogens with zero attached hydrogens (tertiary/aromatic N) is 1. The Morgan fingerprint density at radius 2 is 1.84 bits per heavy atom. The van der Waals surface area contributed by atoms with E-state index in [0.717, 1.165) is 12.8 Å². The summed E-state index contributed by atoms with van der Waals surface area (Å²) in [6, 6.07) is 0. The number of amides is 1. The van der Waals surface area contributed by atoms with Crippen LogP contribution >= 0.6 is 0 Å². The maximum absolute atomic E-state index is 12.2. The van der Waals surface area contributed by atoms with E-state index in [1.165, 1.54) is 0 Å². The summed E-state index contributed by atoms with van der Waals surface area (Å²) in [6.07, 6.45) is 3.14. The standard InChI is InChI=1S/C15H27NO3/c1-5-12(6-2)9-13(17)16-8-7-15(10-16,11(3)4)14(18)19/h11-12H,5-10H2,1-4H3,(H,18,19). The number of carboxylic acids is 1. The van der Waals surface area contributed by atoms with Crippen LogP contribution in [0.4, 0.5) is 0 Å². The van der Waals surface area contributed by atoms with E-state index in [2.05, 4.69) is 13.8 Å². The maximum atomic E-state index is 12.2. The average molecular weight is 269 g/mol. The van der Waals surface area contributed by atoms with Crippen molar-refractivity contribution in [3.63, 3.8) is 0 Å². The van der Waals surface area contributed by atoms with Crippen molar-refractivity contribution in [1.82, 2.24) is 4.90 Å². The van der Waals surface area contributed by atoms with Crippen molar-refractivity contribution in [3.05, 3.63) is 0 Å². The first-order valence-electron chi connectivity index (χ1n) is 7.38. The predicted molar refractivity (Wildman–Crippen MR) is 74.8 cm³/mol. The van der Waals surface area contributed by atoms with Crippen LogP contribution in [0.25, 0.3) is 0 Å². The monoisotopic (exact) mass is 269 g/mol. The summed E-state index contributed by atoms with van der Waals surface area (Å²) >= 11 is 0. The highest BCUT2D eigenvalue weighted by Crippen LogP contribution is 2.38. The molecule has 0 aromatic carbocycles. The molecule has 0 spiro atoms. The van der Waals surface area contributed by atoms with Gasteiger partial charge in [-0.05, 0) is 18.3 Å². The number of carbonyl (C=O) groups is 2. The summed E-state index contributed by atoms with van der Waals surface area (Å²) in [6.45, 7) is 9.02. The highest BCUT2D eigenvalue weighted by atomic mass is 16.4. The first-order valence-corrected chi connectivity index (χ1v) is 7.38. The number of likely N-dealkylation sites (tertiary alicyclic amines) is 1. The van der Waals surface area contributed by atoms with E-state index in [4.69, 9.17) is 0 Å². The van der Waals surface area contributed by atoms with Crippen molar-refractivity contribution in [1.29, 1.82) is 0 Å². The highest BCUT2D eigenvalue weighted by molar-refractivity contribution is 5.81. The van der Waals surface area contributed by atoms with E-state index in [9.17, 15) is 14.7 Å². The molecule has 1 aliphatic rings. The van der Waals surface area contributed by atoms with Crippen molar-refractivity contribution in [2.24, 2.45) is 17.3 Å². The molecule has 0 saturated carbocycles. The van der Waals surface area contributed by atoms with Gasteiger partial charge in [0.1, 0.15) is 0 Å². The zero-order valence-electron chi connectivity index (χ0n) is 12.6. The molecule has 0 aromatic rings. The Balaban J connectivity index is 2.69. The Hall–Kier alpha value is -1.06. The van der Waals surface area contributed by atoms with Crippen LogP contribution in [-0.4, -0.2) is 35.0 Å². The van der Waals surface area contributed by atoms with Gasteiger partial charge >= 0.3 is 5.97 Å². The normalized spacial score (nSPS) is 23.4. The average Bonchev–Trinajstić information content (AvgIpc) is 2.82. The minimum absolute atomic E-state index is 0.0518. The molecular weight excluding hydrogens is 242 g/mol. The molecule has 4 heteroatoms. The summed E-state index contributed by atoms with van der Waals surface area (Å²) in [5.74, 6) is -0.167. The van der Waals surface area contributed by atoms with Crippen molar-refractivity contribution >= 4 is 11.9 Å². The molecule has 1 atom stereocenters. The molecule has 1 N–H and O–H groups in total. The lowest BCUT2D eigenvalue weighted by Crippen LogP contribution is -2.40. The van der Waals surface area contributed by atoms with E-state index < -0.39 is 11.4 Å². The summed E-state index contributed by atoms with van der Waals surface area (Å²) < 4.78 is 0. The van der Waals surface area contributed by atoms with Crippen molar-refractivity contribution in [2.75, 3.05) is 13.1 Å². The topological polar surface area (TPSA) is 57.6 Å². The number of carbonyl (C=O) groups excluding carboxylic acids is 1. The Labute approximate surface area is 116 Å². The van der Waals surface area contributed by atoms with E-state index >= 15 is 0 Å². The fraction of sp³-hybridized carbons (Fsp3) is 0.867. The van der Waals surface area contributed by atoms with Crippen LogP contribution in [0.15, 0.2) is 0 Å². The smallest absolute Gasteiger partial charge is 0.311 e. The van der Waals surface area contributed by atoms with Crippen molar-refractivity contribution in [3.8, 4) is 0 Å². The molecule has 110 valence electrons. The molecule has 1 fully saturated rings. The molecule has 1 unspecified atom stereocenters. The summed E-state index contributed by atoms with van der Waals surface area (Å²) in [5, 5.41) is 9.47. The van der Waals surface area contributed by atoms with Crippen LogP contribution in [0.3, 0.4) is 0 Å². The zero-order valence-corrected chi connectivity index (χ0v) is 12.6. The minimum Gasteiger partial charge on any atom is -0.481 e. The van der Waals surface area contributed by atoms with Crippen LogP contribution in [-0.2, 0) is 9.59 Å². The number of hydrogen-bond donors (Lipinski definition) is 1. The molecule has 0 radical (unpaired) electrons. The minimum atomic E-state index is -0.764. The van der Waals surface area contributed by atoms with E-state index in [-0.39, 0.29) is 11.8 Å². The van der Waals surface area contributed by atoms with E-state index in [1.54, 1.807) is 4.90 Å². The SMILES string of the molecule is CCC(CC)CC(=O)N1CCC(C(=O)O)(C(C)C)C1. The number of aliphatic carboxylic acids is 1. The number of carboxylic acid groups (broad SMARTS) is 1. The molecule has 1 aliphatic heterocycles. The molecule has 1 heterocycles. The Morgan fingerprint density at radius 3 is 2.21 bits per heavy atom. The molecular formula is C15H27NO3. The molecule has 1 saturated heterocycles. The Bertz CT molecular complexity index is 336. The fourth-order valence-corrected chi connectivity index (χ4v) is 2.89. The van der Waals surface area contributed by atoms with E-state index in [1.807, 2.05) is 13.8 Å². The van der Waals surface area contributed by atoms with Crippen molar-refractivity contribution in [2.45, 2.75) is 53.4 Å². The number of rotatable bonds is 6. The zero-order chi connectivity index (χ0) is 14.6. The van der Waals surface area contributed by atoms with Crippen LogP contribution in [0.2, 0.25) is 0 Å². The van der Waals surface area contributed by atoms with Gasteiger partial charge in [0.15, 0.2) is 0 Å². The van der Waals surface area contributed by atoms with Gasteiger partial charge in [-0.3, -0.25) is 9.59 Å². The first-order chi connectivity index (χ1) is 8.87. The lowest BCUT2D eigenvalue weighted by atomic mass is 9.76. The maximum Gasteiger partial charge on any atom is 0.311 e. The third kappa shape index (κ3) is 3.28. The van der Waals surface area contributed by atoms with Crippen LogP contribution in [0.5, 0.6) is 0 Å². The predicted octanol–water partition coefficient (Wildman–Crippen LogP) is 2.77. The highest BCUT2D eigenvalue weighted by Gasteiger charge is 2.48. The van der Waals surface area contributed by atoms with Gasteiger partial charge in [0, 0.05) is 19.5 Å². The van der Waals surface area contributed by atoms with Gasteiger partial charge in [0.25, 0.3) is 0 Å². The molecule has 0 bridgehead atoms. The summed E-state index contributed by atoms with van der Waals surface area (Å²) in [4.78, 5) is 25.5.